The van der Waals surface area contributed by atoms with Gasteiger partial charge in [-0.1, -0.05) is 80.6 Å². The Balaban J connectivity index is 1.66. The molecule has 0 amide bonds. The van der Waals surface area contributed by atoms with E-state index in [2.05, 4.69) is 126 Å². The van der Waals surface area contributed by atoms with Crippen LogP contribution in [0.4, 0.5) is 11.4 Å². The molecule has 0 N–H and O–H groups in total. The molecule has 0 spiro atoms. The van der Waals surface area contributed by atoms with Gasteiger partial charge in [-0.2, -0.15) is 0 Å². The molecular weight excluding hydrogens is 453 g/mol. The fourth-order valence-electron chi connectivity index (χ4n) is 4.46. The van der Waals surface area contributed by atoms with Crippen molar-refractivity contribution < 1.29 is 0 Å². The molecule has 1 nitrogen and oxygen atoms in total. The summed E-state index contributed by atoms with van der Waals surface area (Å²) in [7, 11) is 0. The molecule has 5 rings (SSSR count). The summed E-state index contributed by atoms with van der Waals surface area (Å²) in [5.74, 6) is 0. The van der Waals surface area contributed by atoms with Crippen molar-refractivity contribution in [1.82, 2.24) is 0 Å². The Morgan fingerprint density at radius 3 is 2.18 bits per heavy atom. The van der Waals surface area contributed by atoms with Crippen molar-refractivity contribution in [3.8, 4) is 11.1 Å². The third kappa shape index (κ3) is 2.82. The summed E-state index contributed by atoms with van der Waals surface area (Å²) >= 11 is 2.52. The molecule has 28 heavy (non-hydrogen) atoms. The zero-order valence-corrected chi connectivity index (χ0v) is 18.3. The maximum absolute atomic E-state index is 2.52. The van der Waals surface area contributed by atoms with Crippen LogP contribution in [-0.2, 0) is 5.41 Å². The normalized spacial score (nSPS) is 15.0. The zero-order chi connectivity index (χ0) is 19.3. The van der Waals surface area contributed by atoms with E-state index < -0.39 is 0 Å². The van der Waals surface area contributed by atoms with Gasteiger partial charge in [0, 0.05) is 26.6 Å². The van der Waals surface area contributed by atoms with E-state index >= 15 is 0 Å². The first-order chi connectivity index (χ1) is 13.5. The molecule has 0 aromatic heterocycles. The second kappa shape index (κ2) is 6.63. The SMILES string of the molecule is CC1(C)CN(c2ccc(-c3ccccc3)cc2)c2c1c(I)cc1ccccc21. The predicted octanol–water partition coefficient (Wildman–Crippen LogP) is 7.54. The van der Waals surface area contributed by atoms with Crippen LogP contribution in [0, 0.1) is 3.57 Å². The maximum Gasteiger partial charge on any atom is 0.0540 e. The first kappa shape index (κ1) is 17.7. The Labute approximate surface area is 180 Å². The number of benzene rings is 4. The molecule has 0 radical (unpaired) electrons. The molecule has 4 aromatic rings. The quantitative estimate of drug-likeness (QED) is 0.271. The predicted molar refractivity (Wildman–Crippen MR) is 129 cm³/mol. The van der Waals surface area contributed by atoms with Crippen LogP contribution in [0.2, 0.25) is 0 Å². The highest BCUT2D eigenvalue weighted by Crippen LogP contribution is 2.50. The van der Waals surface area contributed by atoms with Crippen LogP contribution in [0.25, 0.3) is 21.9 Å². The van der Waals surface area contributed by atoms with Crippen LogP contribution in [0.1, 0.15) is 19.4 Å². The molecule has 0 saturated carbocycles. The minimum Gasteiger partial charge on any atom is -0.340 e. The van der Waals surface area contributed by atoms with Crippen molar-refractivity contribution in [3.05, 3.63) is 94.1 Å². The molecule has 0 saturated heterocycles. The van der Waals surface area contributed by atoms with Crippen molar-refractivity contribution in [2.75, 3.05) is 11.4 Å². The summed E-state index contributed by atoms with van der Waals surface area (Å²) in [6, 6.07) is 30.7. The Morgan fingerprint density at radius 2 is 1.43 bits per heavy atom. The van der Waals surface area contributed by atoms with Gasteiger partial charge in [0.25, 0.3) is 0 Å². The summed E-state index contributed by atoms with van der Waals surface area (Å²) < 4.78 is 1.36. The van der Waals surface area contributed by atoms with Crippen LogP contribution < -0.4 is 4.90 Å². The van der Waals surface area contributed by atoms with Gasteiger partial charge in [0.2, 0.25) is 0 Å². The molecule has 138 valence electrons. The minimum absolute atomic E-state index is 0.119. The zero-order valence-electron chi connectivity index (χ0n) is 16.1. The van der Waals surface area contributed by atoms with Crippen LogP contribution in [0.5, 0.6) is 0 Å². The van der Waals surface area contributed by atoms with Crippen LogP contribution >= 0.6 is 22.6 Å². The van der Waals surface area contributed by atoms with Crippen LogP contribution in [0.3, 0.4) is 0 Å². The van der Waals surface area contributed by atoms with Crippen LogP contribution in [0.15, 0.2) is 84.9 Å². The molecule has 0 aliphatic carbocycles. The average Bonchev–Trinajstić information content (AvgIpc) is 3.01. The summed E-state index contributed by atoms with van der Waals surface area (Å²) in [5, 5.41) is 2.66. The average molecular weight is 475 g/mol. The number of hydrogen-bond acceptors (Lipinski definition) is 1. The highest BCUT2D eigenvalue weighted by molar-refractivity contribution is 14.1. The van der Waals surface area contributed by atoms with Gasteiger partial charge in [-0.25, -0.2) is 0 Å². The van der Waals surface area contributed by atoms with Gasteiger partial charge in [0.05, 0.1) is 5.69 Å². The van der Waals surface area contributed by atoms with E-state index in [0.717, 1.165) is 6.54 Å². The Hall–Kier alpha value is -2.33. The maximum atomic E-state index is 2.52. The van der Waals surface area contributed by atoms with Gasteiger partial charge in [0.1, 0.15) is 0 Å². The van der Waals surface area contributed by atoms with Crippen molar-refractivity contribution in [2.24, 2.45) is 0 Å². The molecular formula is C26H22IN. The molecule has 4 aromatic carbocycles. The van der Waals surface area contributed by atoms with Crippen molar-refractivity contribution >= 4 is 44.7 Å². The Morgan fingerprint density at radius 1 is 0.786 bits per heavy atom. The van der Waals surface area contributed by atoms with E-state index in [1.54, 1.807) is 0 Å². The topological polar surface area (TPSA) is 3.24 Å². The molecule has 2 heteroatoms. The number of nitrogens with zero attached hydrogens (tertiary/aromatic N) is 1. The van der Waals surface area contributed by atoms with E-state index in [-0.39, 0.29) is 5.41 Å². The minimum atomic E-state index is 0.119. The molecule has 1 aliphatic rings. The second-order valence-corrected chi connectivity index (χ2v) is 9.35. The lowest BCUT2D eigenvalue weighted by Crippen LogP contribution is -2.25. The van der Waals surface area contributed by atoms with Crippen molar-refractivity contribution in [3.63, 3.8) is 0 Å². The summed E-state index contributed by atoms with van der Waals surface area (Å²) in [5.41, 5.74) is 6.75. The Bertz CT molecular complexity index is 1160. The number of rotatable bonds is 2. The standard InChI is InChI=1S/C26H22IN/c1-26(2)17-28(21-14-12-19(13-15-21)18-8-4-3-5-9-18)25-22-11-7-6-10-20(22)16-23(27)24(25)26/h3-16H,17H2,1-2H3. The van der Waals surface area contributed by atoms with Gasteiger partial charge in [-0.15, -0.1) is 0 Å². The van der Waals surface area contributed by atoms with E-state index in [9.17, 15) is 0 Å². The largest absolute Gasteiger partial charge is 0.340 e. The molecule has 1 heterocycles. The van der Waals surface area contributed by atoms with Gasteiger partial charge in [-0.05, 0) is 62.9 Å². The number of fused-ring (bicyclic) bond motifs is 3. The first-order valence-corrected chi connectivity index (χ1v) is 10.8. The van der Waals surface area contributed by atoms with E-state index in [0.29, 0.717) is 0 Å². The fourth-order valence-corrected chi connectivity index (χ4v) is 5.78. The third-order valence-corrected chi connectivity index (χ3v) is 6.61. The first-order valence-electron chi connectivity index (χ1n) is 9.69. The number of halogens is 1. The molecule has 0 fully saturated rings. The van der Waals surface area contributed by atoms with Crippen molar-refractivity contribution in [2.45, 2.75) is 19.3 Å². The van der Waals surface area contributed by atoms with E-state index in [4.69, 9.17) is 0 Å². The van der Waals surface area contributed by atoms with Crippen LogP contribution in [-0.4, -0.2) is 6.54 Å². The number of anilines is 2. The van der Waals surface area contributed by atoms with Gasteiger partial charge >= 0.3 is 0 Å². The highest BCUT2D eigenvalue weighted by Gasteiger charge is 2.38. The van der Waals surface area contributed by atoms with Gasteiger partial charge in [0.15, 0.2) is 0 Å². The van der Waals surface area contributed by atoms with Crippen molar-refractivity contribution in [1.29, 1.82) is 0 Å². The lowest BCUT2D eigenvalue weighted by atomic mass is 9.86. The van der Waals surface area contributed by atoms with E-state index in [1.165, 1.54) is 42.4 Å². The second-order valence-electron chi connectivity index (χ2n) is 8.19. The molecule has 0 unspecified atom stereocenters. The lowest BCUT2D eigenvalue weighted by Gasteiger charge is -2.23. The molecule has 0 atom stereocenters. The molecule has 0 bridgehead atoms. The van der Waals surface area contributed by atoms with E-state index in [1.807, 2.05) is 0 Å². The number of hydrogen-bond donors (Lipinski definition) is 0. The van der Waals surface area contributed by atoms with Gasteiger partial charge < -0.3 is 4.90 Å². The monoisotopic (exact) mass is 475 g/mol. The Kier molecular flexibility index (Phi) is 4.20. The summed E-state index contributed by atoms with van der Waals surface area (Å²) in [6.45, 7) is 5.72. The van der Waals surface area contributed by atoms with Gasteiger partial charge in [-0.3, -0.25) is 0 Å². The smallest absolute Gasteiger partial charge is 0.0540 e. The third-order valence-electron chi connectivity index (χ3n) is 5.76. The highest BCUT2D eigenvalue weighted by atomic mass is 127. The summed E-state index contributed by atoms with van der Waals surface area (Å²) in [6.07, 6.45) is 0. The summed E-state index contributed by atoms with van der Waals surface area (Å²) in [4.78, 5) is 2.51. The lowest BCUT2D eigenvalue weighted by molar-refractivity contribution is 0.567. The molecule has 1 aliphatic heterocycles. The fraction of sp³-hybridized carbons (Fsp3) is 0.154.